The van der Waals surface area contributed by atoms with Crippen LogP contribution in [-0.2, 0) is 14.4 Å². The van der Waals surface area contributed by atoms with E-state index in [-0.39, 0.29) is 6.54 Å². The highest BCUT2D eigenvalue weighted by Gasteiger charge is 2.23. The van der Waals surface area contributed by atoms with Crippen LogP contribution < -0.4 is 16.4 Å². The second-order valence-corrected chi connectivity index (χ2v) is 4.20. The lowest BCUT2D eigenvalue weighted by molar-refractivity contribution is -0.143. The number of nitrogens with one attached hydrogen (secondary N) is 2. The third kappa shape index (κ3) is 5.86. The zero-order valence-corrected chi connectivity index (χ0v) is 9.44. The summed E-state index contributed by atoms with van der Waals surface area (Å²) in [5.41, 5.74) is 4.89. The first-order valence-electron chi connectivity index (χ1n) is 5.50. The van der Waals surface area contributed by atoms with Gasteiger partial charge in [0.05, 0.1) is 13.0 Å². The molecule has 1 fully saturated rings. The fourth-order valence-electron chi connectivity index (χ4n) is 1.36. The van der Waals surface area contributed by atoms with Crippen LogP contribution in [0.1, 0.15) is 19.3 Å². The van der Waals surface area contributed by atoms with Gasteiger partial charge in [-0.25, -0.2) is 4.79 Å². The molecule has 0 aliphatic heterocycles. The van der Waals surface area contributed by atoms with Gasteiger partial charge in [0, 0.05) is 0 Å². The minimum absolute atomic E-state index is 0.0546. The standard InChI is InChI=1S/C10H17N3O4/c11-8(14)3-7(10(16)17)13-9(15)5-12-4-6-1-2-6/h6-7,12H,1-5H2,(H2,11,14)(H,13,15)(H,16,17)/t7-/m1/s1. The summed E-state index contributed by atoms with van der Waals surface area (Å²) < 4.78 is 0. The number of hydrogen-bond donors (Lipinski definition) is 4. The number of nitrogens with two attached hydrogens (primary N) is 1. The molecule has 1 rings (SSSR count). The third-order valence-electron chi connectivity index (χ3n) is 2.45. The SMILES string of the molecule is NC(=O)C[C@@H](NC(=O)CNCC1CC1)C(=O)O. The van der Waals surface area contributed by atoms with Gasteiger partial charge in [0.15, 0.2) is 0 Å². The van der Waals surface area contributed by atoms with Crippen LogP contribution in [0.25, 0.3) is 0 Å². The number of carbonyl (C=O) groups is 3. The molecule has 2 amide bonds. The lowest BCUT2D eigenvalue weighted by Crippen LogP contribution is -2.46. The lowest BCUT2D eigenvalue weighted by atomic mass is 10.2. The fourth-order valence-corrected chi connectivity index (χ4v) is 1.36. The second kappa shape index (κ2) is 6.19. The first kappa shape index (κ1) is 13.4. The molecule has 7 nitrogen and oxygen atoms in total. The van der Waals surface area contributed by atoms with E-state index in [1.165, 1.54) is 12.8 Å². The van der Waals surface area contributed by atoms with Crippen molar-refractivity contribution in [1.29, 1.82) is 0 Å². The maximum Gasteiger partial charge on any atom is 0.326 e. The van der Waals surface area contributed by atoms with E-state index in [9.17, 15) is 14.4 Å². The van der Waals surface area contributed by atoms with E-state index >= 15 is 0 Å². The lowest BCUT2D eigenvalue weighted by Gasteiger charge is -2.12. The van der Waals surface area contributed by atoms with E-state index in [0.717, 1.165) is 6.54 Å². The number of hydrogen-bond acceptors (Lipinski definition) is 4. The van der Waals surface area contributed by atoms with Gasteiger partial charge < -0.3 is 21.5 Å². The van der Waals surface area contributed by atoms with E-state index in [1.54, 1.807) is 0 Å². The summed E-state index contributed by atoms with van der Waals surface area (Å²) in [6.07, 6.45) is 1.95. The topological polar surface area (TPSA) is 122 Å². The Balaban J connectivity index is 2.24. The summed E-state index contributed by atoms with van der Waals surface area (Å²) >= 11 is 0. The third-order valence-corrected chi connectivity index (χ3v) is 2.45. The van der Waals surface area contributed by atoms with Crippen LogP contribution in [-0.4, -0.2) is 42.0 Å². The van der Waals surface area contributed by atoms with Gasteiger partial charge in [-0.1, -0.05) is 0 Å². The molecule has 0 heterocycles. The second-order valence-electron chi connectivity index (χ2n) is 4.20. The Hall–Kier alpha value is -1.63. The summed E-state index contributed by atoms with van der Waals surface area (Å²) in [5, 5.41) is 13.9. The summed E-state index contributed by atoms with van der Waals surface area (Å²) in [5.74, 6) is -1.83. The van der Waals surface area contributed by atoms with Gasteiger partial charge in [0.2, 0.25) is 11.8 Å². The Bertz CT molecular complexity index is 315. The molecule has 0 radical (unpaired) electrons. The van der Waals surface area contributed by atoms with Crippen LogP contribution in [0.4, 0.5) is 0 Å². The fraction of sp³-hybridized carbons (Fsp3) is 0.700. The number of amides is 2. The highest BCUT2D eigenvalue weighted by atomic mass is 16.4. The molecule has 1 saturated carbocycles. The highest BCUT2D eigenvalue weighted by molar-refractivity contribution is 5.88. The van der Waals surface area contributed by atoms with E-state index in [0.29, 0.717) is 5.92 Å². The Kier molecular flexibility index (Phi) is 4.89. The molecule has 5 N–H and O–H groups in total. The van der Waals surface area contributed by atoms with Gasteiger partial charge in [0.25, 0.3) is 0 Å². The zero-order valence-electron chi connectivity index (χ0n) is 9.44. The van der Waals surface area contributed by atoms with Crippen molar-refractivity contribution >= 4 is 17.8 Å². The molecule has 0 bridgehead atoms. The van der Waals surface area contributed by atoms with Crippen molar-refractivity contribution in [3.8, 4) is 0 Å². The van der Waals surface area contributed by atoms with Crippen molar-refractivity contribution in [3.63, 3.8) is 0 Å². The molecule has 1 aliphatic rings. The molecular weight excluding hydrogens is 226 g/mol. The predicted octanol–water partition coefficient (Wildman–Crippen LogP) is -1.57. The Morgan fingerprint density at radius 1 is 1.35 bits per heavy atom. The summed E-state index contributed by atoms with van der Waals surface area (Å²) in [7, 11) is 0. The highest BCUT2D eigenvalue weighted by Crippen LogP contribution is 2.27. The number of carboxylic acid groups (broad SMARTS) is 1. The molecular formula is C10H17N3O4. The van der Waals surface area contributed by atoms with E-state index in [2.05, 4.69) is 10.6 Å². The van der Waals surface area contributed by atoms with Crippen molar-refractivity contribution in [3.05, 3.63) is 0 Å². The van der Waals surface area contributed by atoms with Crippen LogP contribution in [0.3, 0.4) is 0 Å². The van der Waals surface area contributed by atoms with E-state index < -0.39 is 30.2 Å². The van der Waals surface area contributed by atoms with Crippen molar-refractivity contribution in [2.75, 3.05) is 13.1 Å². The van der Waals surface area contributed by atoms with Gasteiger partial charge in [-0.15, -0.1) is 0 Å². The number of aliphatic carboxylic acids is 1. The van der Waals surface area contributed by atoms with Gasteiger partial charge in [0.1, 0.15) is 6.04 Å². The number of primary amides is 1. The van der Waals surface area contributed by atoms with Crippen molar-refractivity contribution < 1.29 is 19.5 Å². The van der Waals surface area contributed by atoms with Gasteiger partial charge >= 0.3 is 5.97 Å². The van der Waals surface area contributed by atoms with Crippen LogP contribution in [0, 0.1) is 5.92 Å². The van der Waals surface area contributed by atoms with E-state index in [1.807, 2.05) is 0 Å². The van der Waals surface area contributed by atoms with Crippen LogP contribution in [0.5, 0.6) is 0 Å². The molecule has 0 unspecified atom stereocenters. The number of carbonyl (C=O) groups excluding carboxylic acids is 2. The maximum absolute atomic E-state index is 11.4. The number of rotatable bonds is 8. The molecule has 0 spiro atoms. The quantitative estimate of drug-likeness (QED) is 0.410. The predicted molar refractivity (Wildman–Crippen MR) is 59.0 cm³/mol. The first-order chi connectivity index (χ1) is 7.99. The Morgan fingerprint density at radius 2 is 2.00 bits per heavy atom. The van der Waals surface area contributed by atoms with Crippen LogP contribution in [0.2, 0.25) is 0 Å². The first-order valence-corrected chi connectivity index (χ1v) is 5.50. The van der Waals surface area contributed by atoms with Crippen LogP contribution >= 0.6 is 0 Å². The zero-order chi connectivity index (χ0) is 12.8. The molecule has 1 atom stereocenters. The maximum atomic E-state index is 11.4. The van der Waals surface area contributed by atoms with Crippen LogP contribution in [0.15, 0.2) is 0 Å². The minimum atomic E-state index is -1.26. The minimum Gasteiger partial charge on any atom is -0.480 e. The van der Waals surface area contributed by atoms with Crippen molar-refractivity contribution in [2.45, 2.75) is 25.3 Å². The van der Waals surface area contributed by atoms with Crippen molar-refractivity contribution in [1.82, 2.24) is 10.6 Å². The largest absolute Gasteiger partial charge is 0.480 e. The Morgan fingerprint density at radius 3 is 2.47 bits per heavy atom. The van der Waals surface area contributed by atoms with Crippen molar-refractivity contribution in [2.24, 2.45) is 11.7 Å². The molecule has 0 saturated heterocycles. The normalized spacial score (nSPS) is 16.2. The summed E-state index contributed by atoms with van der Waals surface area (Å²) in [4.78, 5) is 32.7. The van der Waals surface area contributed by atoms with Gasteiger partial charge in [-0.2, -0.15) is 0 Å². The molecule has 17 heavy (non-hydrogen) atoms. The Labute approximate surface area is 98.7 Å². The molecule has 96 valence electrons. The summed E-state index contributed by atoms with van der Waals surface area (Å²) in [6, 6.07) is -1.25. The monoisotopic (exact) mass is 243 g/mol. The summed E-state index contributed by atoms with van der Waals surface area (Å²) in [6.45, 7) is 0.819. The van der Waals surface area contributed by atoms with Gasteiger partial charge in [-0.05, 0) is 25.3 Å². The molecule has 0 aromatic rings. The molecule has 7 heteroatoms. The molecule has 1 aliphatic carbocycles. The number of carboxylic acids is 1. The van der Waals surface area contributed by atoms with Gasteiger partial charge in [-0.3, -0.25) is 9.59 Å². The molecule has 0 aromatic heterocycles. The smallest absolute Gasteiger partial charge is 0.326 e. The average molecular weight is 243 g/mol. The average Bonchev–Trinajstić information content (AvgIpc) is 2.99. The molecule has 0 aromatic carbocycles. The van der Waals surface area contributed by atoms with E-state index in [4.69, 9.17) is 10.8 Å².